The molecule has 0 fully saturated rings. The van der Waals surface area contributed by atoms with Gasteiger partial charge in [0.1, 0.15) is 17.6 Å². The Labute approximate surface area is 213 Å². The van der Waals surface area contributed by atoms with Crippen LogP contribution in [-0.2, 0) is 0 Å². The number of methoxy groups -OCH3 is 1. The summed E-state index contributed by atoms with van der Waals surface area (Å²) in [5.74, 6) is 1.22. The predicted molar refractivity (Wildman–Crippen MR) is 143 cm³/mol. The molecular formula is C26H29ClFN3O3S. The first kappa shape index (κ1) is 26.7. The van der Waals surface area contributed by atoms with Crippen LogP contribution in [0.5, 0.6) is 11.5 Å². The smallest absolute Gasteiger partial charge is 0.275 e. The van der Waals surface area contributed by atoms with Gasteiger partial charge in [-0.25, -0.2) is 4.98 Å². The Morgan fingerprint density at radius 2 is 1.89 bits per heavy atom. The van der Waals surface area contributed by atoms with Crippen LogP contribution in [0.2, 0.25) is 5.02 Å². The maximum Gasteiger partial charge on any atom is 0.275 e. The molecule has 1 atom stereocenters. The summed E-state index contributed by atoms with van der Waals surface area (Å²) >= 11 is 7.43. The molecule has 4 aromatic rings. The molecule has 0 aliphatic heterocycles. The molecule has 0 aliphatic carbocycles. The lowest BCUT2D eigenvalue weighted by Gasteiger charge is -2.24. The molecule has 2 aromatic heterocycles. The second-order valence-electron chi connectivity index (χ2n) is 8.23. The van der Waals surface area contributed by atoms with Gasteiger partial charge >= 0.3 is 0 Å². The number of hydrogen-bond acceptors (Lipinski definition) is 6. The van der Waals surface area contributed by atoms with Gasteiger partial charge in [0, 0.05) is 22.0 Å². The third-order valence-corrected chi connectivity index (χ3v) is 7.21. The lowest BCUT2D eigenvalue weighted by molar-refractivity contribution is 0.170. The van der Waals surface area contributed by atoms with Crippen molar-refractivity contribution in [3.63, 3.8) is 0 Å². The number of nitrogens with zero attached hydrogens (tertiary/aromatic N) is 3. The van der Waals surface area contributed by atoms with Crippen molar-refractivity contribution in [3.05, 3.63) is 70.2 Å². The van der Waals surface area contributed by atoms with Gasteiger partial charge in [-0.3, -0.25) is 14.1 Å². The van der Waals surface area contributed by atoms with Crippen LogP contribution in [0.25, 0.3) is 26.3 Å². The van der Waals surface area contributed by atoms with Crippen LogP contribution in [0.1, 0.15) is 20.3 Å². The number of likely N-dealkylation sites (N-methyl/N-ethyl adjacent to an activating group) is 1. The van der Waals surface area contributed by atoms with E-state index >= 15 is 0 Å². The highest BCUT2D eigenvalue weighted by Gasteiger charge is 2.15. The number of benzene rings is 2. The summed E-state index contributed by atoms with van der Waals surface area (Å²) in [4.78, 5) is 21.1. The lowest BCUT2D eigenvalue weighted by atomic mass is 10.2. The molecule has 0 unspecified atom stereocenters. The molecule has 0 radical (unpaired) electrons. The number of ether oxygens (including phenoxy) is 2. The van der Waals surface area contributed by atoms with Crippen molar-refractivity contribution < 1.29 is 14.2 Å². The molecule has 6 nitrogen and oxygen atoms in total. The van der Waals surface area contributed by atoms with Gasteiger partial charge in [-0.1, -0.05) is 30.7 Å². The summed E-state index contributed by atoms with van der Waals surface area (Å²) < 4.78 is 13.7. The van der Waals surface area contributed by atoms with E-state index in [-0.39, 0.29) is 16.3 Å². The van der Waals surface area contributed by atoms with Crippen LogP contribution < -0.4 is 15.0 Å². The van der Waals surface area contributed by atoms with Crippen LogP contribution in [0, 0.1) is 0 Å². The van der Waals surface area contributed by atoms with E-state index in [9.17, 15) is 4.79 Å². The van der Waals surface area contributed by atoms with Crippen LogP contribution in [0.4, 0.5) is 4.70 Å². The molecule has 0 saturated heterocycles. The first-order chi connectivity index (χ1) is 16.4. The Bertz CT molecular complexity index is 1340. The minimum atomic E-state index is -0.124. The van der Waals surface area contributed by atoms with Gasteiger partial charge in [0.05, 0.1) is 18.3 Å². The quantitative estimate of drug-likeness (QED) is 0.271. The summed E-state index contributed by atoms with van der Waals surface area (Å²) in [5.41, 5.74) is 2.22. The fourth-order valence-electron chi connectivity index (χ4n) is 3.69. The highest BCUT2D eigenvalue weighted by molar-refractivity contribution is 7.22. The van der Waals surface area contributed by atoms with Gasteiger partial charge in [0.15, 0.2) is 11.5 Å². The highest BCUT2D eigenvalue weighted by atomic mass is 35.5. The molecule has 0 aliphatic rings. The number of fused-ring (bicyclic) bond motifs is 1. The lowest BCUT2D eigenvalue weighted by Crippen LogP contribution is -2.34. The SMILES string of the molecule is CCCN(C)[C@@H](C)COc1ccc(-n2cnc3cc(-c4ccc(Cl)cc4)sc3c2=O)cc1OC.F. The van der Waals surface area contributed by atoms with Crippen molar-refractivity contribution in [2.24, 2.45) is 0 Å². The number of hydrogen-bond donors (Lipinski definition) is 0. The molecule has 0 bridgehead atoms. The molecule has 2 aromatic carbocycles. The molecular weight excluding hydrogens is 489 g/mol. The number of thiophene rings is 1. The first-order valence-electron chi connectivity index (χ1n) is 11.2. The van der Waals surface area contributed by atoms with Gasteiger partial charge in [0.25, 0.3) is 5.56 Å². The molecule has 35 heavy (non-hydrogen) atoms. The van der Waals surface area contributed by atoms with E-state index in [1.165, 1.54) is 15.9 Å². The van der Waals surface area contributed by atoms with Crippen LogP contribution in [0.15, 0.2) is 59.7 Å². The van der Waals surface area contributed by atoms with Crippen molar-refractivity contribution in [2.45, 2.75) is 26.3 Å². The Balaban J connectivity index is 0.00000342. The predicted octanol–water partition coefficient (Wildman–Crippen LogP) is 6.04. The fraction of sp³-hybridized carbons (Fsp3) is 0.308. The maximum absolute atomic E-state index is 13.3. The topological polar surface area (TPSA) is 56.6 Å². The zero-order valence-electron chi connectivity index (χ0n) is 20.2. The van der Waals surface area contributed by atoms with E-state index in [0.29, 0.717) is 39.0 Å². The number of rotatable bonds is 9. The summed E-state index contributed by atoms with van der Waals surface area (Å²) in [6.07, 6.45) is 2.65. The monoisotopic (exact) mass is 517 g/mol. The fourth-order valence-corrected chi connectivity index (χ4v) is 4.86. The standard InChI is InChI=1S/C26H28ClN3O3S.FH/c1-5-12-29(3)17(2)15-33-22-11-10-20(13-23(22)32-4)30-16-28-21-14-24(34-25(21)26(30)31)18-6-8-19(27)9-7-18;/h6-11,13-14,16-17H,5,12,15H2,1-4H3;1H/t17-;/m0./s1. The normalized spacial score (nSPS) is 11.9. The molecule has 9 heteroatoms. The van der Waals surface area contributed by atoms with Gasteiger partial charge < -0.3 is 14.4 Å². The van der Waals surface area contributed by atoms with E-state index in [4.69, 9.17) is 21.1 Å². The van der Waals surface area contributed by atoms with Crippen molar-refractivity contribution in [2.75, 3.05) is 27.3 Å². The largest absolute Gasteiger partial charge is 0.493 e. The van der Waals surface area contributed by atoms with E-state index in [1.807, 2.05) is 42.5 Å². The Morgan fingerprint density at radius 1 is 1.14 bits per heavy atom. The second-order valence-corrected chi connectivity index (χ2v) is 9.72. The summed E-state index contributed by atoms with van der Waals surface area (Å²) in [6.45, 7) is 5.86. The van der Waals surface area contributed by atoms with Crippen molar-refractivity contribution in [1.82, 2.24) is 14.5 Å². The minimum absolute atomic E-state index is 0. The molecule has 0 amide bonds. The zero-order chi connectivity index (χ0) is 24.2. The third-order valence-electron chi connectivity index (χ3n) is 5.80. The molecule has 186 valence electrons. The van der Waals surface area contributed by atoms with Gasteiger partial charge in [-0.15, -0.1) is 11.3 Å². The maximum atomic E-state index is 13.3. The molecule has 2 heterocycles. The molecule has 4 rings (SSSR count). The number of aromatic nitrogens is 2. The first-order valence-corrected chi connectivity index (χ1v) is 12.4. The summed E-state index contributed by atoms with van der Waals surface area (Å²) in [7, 11) is 3.69. The van der Waals surface area contributed by atoms with E-state index in [1.54, 1.807) is 19.5 Å². The molecule has 0 N–H and O–H groups in total. The Morgan fingerprint density at radius 3 is 2.57 bits per heavy atom. The van der Waals surface area contributed by atoms with Gasteiger partial charge in [-0.2, -0.15) is 0 Å². The van der Waals surface area contributed by atoms with E-state index in [0.717, 1.165) is 23.4 Å². The highest BCUT2D eigenvalue weighted by Crippen LogP contribution is 2.33. The van der Waals surface area contributed by atoms with Crippen molar-refractivity contribution >= 4 is 33.2 Å². The Kier molecular flexibility index (Phi) is 8.88. The van der Waals surface area contributed by atoms with E-state index < -0.39 is 0 Å². The van der Waals surface area contributed by atoms with Crippen LogP contribution in [0.3, 0.4) is 0 Å². The average Bonchev–Trinajstić information content (AvgIpc) is 3.28. The molecule has 0 spiro atoms. The third kappa shape index (κ3) is 5.83. The van der Waals surface area contributed by atoms with Crippen LogP contribution >= 0.6 is 22.9 Å². The zero-order valence-corrected chi connectivity index (χ0v) is 21.7. The van der Waals surface area contributed by atoms with E-state index in [2.05, 4.69) is 30.8 Å². The average molecular weight is 518 g/mol. The van der Waals surface area contributed by atoms with Gasteiger partial charge in [0.2, 0.25) is 0 Å². The Hall–Kier alpha value is -2.94. The van der Waals surface area contributed by atoms with Gasteiger partial charge in [-0.05, 0) is 62.8 Å². The summed E-state index contributed by atoms with van der Waals surface area (Å²) in [6, 6.07) is 15.3. The second kappa shape index (κ2) is 11.7. The minimum Gasteiger partial charge on any atom is -0.493 e. The molecule has 0 saturated carbocycles. The summed E-state index contributed by atoms with van der Waals surface area (Å²) in [5, 5.41) is 0.675. The van der Waals surface area contributed by atoms with Crippen LogP contribution in [-0.4, -0.2) is 47.8 Å². The van der Waals surface area contributed by atoms with Crippen molar-refractivity contribution in [3.8, 4) is 27.6 Å². The number of halogens is 2. The van der Waals surface area contributed by atoms with Crippen molar-refractivity contribution in [1.29, 1.82) is 0 Å².